The largest absolute Gasteiger partial charge is 0.306 e. The highest BCUT2D eigenvalue weighted by Crippen LogP contribution is 2.06. The van der Waals surface area contributed by atoms with E-state index in [4.69, 9.17) is 0 Å². The van der Waals surface area contributed by atoms with Gasteiger partial charge in [0.25, 0.3) is 0 Å². The van der Waals surface area contributed by atoms with Crippen LogP contribution in [0.25, 0.3) is 6.08 Å². The fourth-order valence-electron chi connectivity index (χ4n) is 1.50. The number of hydrogen-bond acceptors (Lipinski definition) is 2. The van der Waals surface area contributed by atoms with Gasteiger partial charge in [-0.15, -0.1) is 0 Å². The third-order valence-electron chi connectivity index (χ3n) is 2.46. The van der Waals surface area contributed by atoms with Gasteiger partial charge in [-0.05, 0) is 25.5 Å². The number of aromatic nitrogens is 2. The molecule has 18 heavy (non-hydrogen) atoms. The number of amides is 1. The number of anilines is 1. The lowest BCUT2D eigenvalue weighted by molar-refractivity contribution is -0.111. The first-order valence-electron chi connectivity index (χ1n) is 5.71. The predicted octanol–water partition coefficient (Wildman–Crippen LogP) is 2.68. The van der Waals surface area contributed by atoms with Crippen molar-refractivity contribution < 1.29 is 4.79 Å². The molecule has 0 saturated carbocycles. The lowest BCUT2D eigenvalue weighted by atomic mass is 10.1. The highest BCUT2D eigenvalue weighted by molar-refractivity contribution is 6.01. The van der Waals surface area contributed by atoms with E-state index in [-0.39, 0.29) is 5.91 Å². The van der Waals surface area contributed by atoms with E-state index < -0.39 is 0 Å². The quantitative estimate of drug-likeness (QED) is 0.812. The van der Waals surface area contributed by atoms with E-state index in [9.17, 15) is 4.79 Å². The van der Waals surface area contributed by atoms with Gasteiger partial charge in [0, 0.05) is 17.8 Å². The SMILES string of the molecule is Cc1ccc(C=CC(=O)Nc2cc(C)[nH]n2)cc1. The second kappa shape index (κ2) is 5.31. The highest BCUT2D eigenvalue weighted by atomic mass is 16.1. The van der Waals surface area contributed by atoms with Crippen molar-refractivity contribution in [2.75, 3.05) is 5.32 Å². The first-order valence-corrected chi connectivity index (χ1v) is 5.71. The molecule has 0 fully saturated rings. The molecule has 2 aromatic rings. The molecule has 1 amide bonds. The molecule has 0 aliphatic rings. The fourth-order valence-corrected chi connectivity index (χ4v) is 1.50. The van der Waals surface area contributed by atoms with Crippen molar-refractivity contribution in [2.45, 2.75) is 13.8 Å². The van der Waals surface area contributed by atoms with Gasteiger partial charge < -0.3 is 5.32 Å². The Labute approximate surface area is 106 Å². The van der Waals surface area contributed by atoms with E-state index >= 15 is 0 Å². The Bertz CT molecular complexity index is 567. The third-order valence-corrected chi connectivity index (χ3v) is 2.46. The van der Waals surface area contributed by atoms with Gasteiger partial charge in [0.2, 0.25) is 5.91 Å². The summed E-state index contributed by atoms with van der Waals surface area (Å²) in [6, 6.07) is 9.73. The zero-order chi connectivity index (χ0) is 13.0. The lowest BCUT2D eigenvalue weighted by Gasteiger charge is -1.96. The second-order valence-electron chi connectivity index (χ2n) is 4.17. The smallest absolute Gasteiger partial charge is 0.249 e. The van der Waals surface area contributed by atoms with Gasteiger partial charge in [-0.25, -0.2) is 0 Å². The Hall–Kier alpha value is -2.36. The van der Waals surface area contributed by atoms with Crippen LogP contribution >= 0.6 is 0 Å². The molecule has 2 N–H and O–H groups in total. The highest BCUT2D eigenvalue weighted by Gasteiger charge is 2.00. The van der Waals surface area contributed by atoms with Crippen LogP contribution in [0.5, 0.6) is 0 Å². The number of benzene rings is 1. The Morgan fingerprint density at radius 1 is 1.28 bits per heavy atom. The molecule has 1 aromatic heterocycles. The molecule has 0 radical (unpaired) electrons. The molecule has 0 spiro atoms. The normalized spacial score (nSPS) is 10.8. The van der Waals surface area contributed by atoms with E-state index in [1.165, 1.54) is 11.6 Å². The summed E-state index contributed by atoms with van der Waals surface area (Å²) in [5.74, 6) is 0.341. The number of carbonyl (C=O) groups is 1. The maximum absolute atomic E-state index is 11.6. The molecule has 2 rings (SSSR count). The number of carbonyl (C=O) groups excluding carboxylic acids is 1. The van der Waals surface area contributed by atoms with Gasteiger partial charge in [0.05, 0.1) is 0 Å². The zero-order valence-corrected chi connectivity index (χ0v) is 10.4. The van der Waals surface area contributed by atoms with E-state index in [2.05, 4.69) is 15.5 Å². The second-order valence-corrected chi connectivity index (χ2v) is 4.17. The van der Waals surface area contributed by atoms with Crippen molar-refractivity contribution in [1.82, 2.24) is 10.2 Å². The summed E-state index contributed by atoms with van der Waals surface area (Å²) in [7, 11) is 0. The van der Waals surface area contributed by atoms with Crippen LogP contribution in [0.4, 0.5) is 5.82 Å². The number of nitrogens with zero attached hydrogens (tertiary/aromatic N) is 1. The minimum Gasteiger partial charge on any atom is -0.306 e. The molecular formula is C14H15N3O. The van der Waals surface area contributed by atoms with Gasteiger partial charge in [0.1, 0.15) is 0 Å². The van der Waals surface area contributed by atoms with E-state index in [0.717, 1.165) is 11.3 Å². The van der Waals surface area contributed by atoms with Crippen LogP contribution in [0.1, 0.15) is 16.8 Å². The van der Waals surface area contributed by atoms with Crippen molar-refractivity contribution in [1.29, 1.82) is 0 Å². The Balaban J connectivity index is 1.96. The zero-order valence-electron chi connectivity index (χ0n) is 10.4. The summed E-state index contributed by atoms with van der Waals surface area (Å²) in [5, 5.41) is 9.37. The number of hydrogen-bond donors (Lipinski definition) is 2. The Morgan fingerprint density at radius 2 is 2.00 bits per heavy atom. The summed E-state index contributed by atoms with van der Waals surface area (Å²) >= 11 is 0. The molecule has 1 aromatic carbocycles. The van der Waals surface area contributed by atoms with Gasteiger partial charge >= 0.3 is 0 Å². The number of rotatable bonds is 3. The van der Waals surface area contributed by atoms with Crippen molar-refractivity contribution in [3.8, 4) is 0 Å². The Morgan fingerprint density at radius 3 is 2.61 bits per heavy atom. The first-order chi connectivity index (χ1) is 8.63. The molecule has 0 unspecified atom stereocenters. The van der Waals surface area contributed by atoms with E-state index in [1.54, 1.807) is 12.1 Å². The van der Waals surface area contributed by atoms with Gasteiger partial charge in [0.15, 0.2) is 5.82 Å². The predicted molar refractivity (Wildman–Crippen MR) is 72.2 cm³/mol. The lowest BCUT2D eigenvalue weighted by Crippen LogP contribution is -2.07. The summed E-state index contributed by atoms with van der Waals surface area (Å²) in [4.78, 5) is 11.6. The van der Waals surface area contributed by atoms with Crippen molar-refractivity contribution in [3.05, 3.63) is 53.2 Å². The molecule has 0 aliphatic carbocycles. The molecule has 0 aliphatic heterocycles. The van der Waals surface area contributed by atoms with Crippen LogP contribution in [-0.2, 0) is 4.79 Å². The number of aromatic amines is 1. The van der Waals surface area contributed by atoms with Crippen LogP contribution < -0.4 is 5.32 Å². The summed E-state index contributed by atoms with van der Waals surface area (Å²) in [6.07, 6.45) is 3.27. The summed E-state index contributed by atoms with van der Waals surface area (Å²) in [5.41, 5.74) is 3.10. The van der Waals surface area contributed by atoms with Gasteiger partial charge in [-0.1, -0.05) is 29.8 Å². The number of aryl methyl sites for hydroxylation is 2. The molecule has 4 nitrogen and oxygen atoms in total. The minimum absolute atomic E-state index is 0.193. The summed E-state index contributed by atoms with van der Waals surface area (Å²) < 4.78 is 0. The van der Waals surface area contributed by atoms with Gasteiger partial charge in [-0.2, -0.15) is 5.10 Å². The van der Waals surface area contributed by atoms with Crippen molar-refractivity contribution in [2.24, 2.45) is 0 Å². The topological polar surface area (TPSA) is 57.8 Å². The standard InChI is InChI=1S/C14H15N3O/c1-10-3-5-12(6-4-10)7-8-14(18)15-13-9-11(2)16-17-13/h3-9H,1-2H3,(H2,15,16,17,18). The van der Waals surface area contributed by atoms with Crippen LogP contribution in [-0.4, -0.2) is 16.1 Å². The van der Waals surface area contributed by atoms with E-state index in [1.807, 2.05) is 38.1 Å². The van der Waals surface area contributed by atoms with Crippen LogP contribution in [0, 0.1) is 13.8 Å². The Kier molecular flexibility index (Phi) is 3.57. The monoisotopic (exact) mass is 241 g/mol. The molecule has 4 heteroatoms. The fraction of sp³-hybridized carbons (Fsp3) is 0.143. The average molecular weight is 241 g/mol. The molecule has 1 heterocycles. The third kappa shape index (κ3) is 3.31. The van der Waals surface area contributed by atoms with Crippen molar-refractivity contribution in [3.63, 3.8) is 0 Å². The molecule has 92 valence electrons. The number of nitrogens with one attached hydrogen (secondary N) is 2. The van der Waals surface area contributed by atoms with Crippen LogP contribution in [0.2, 0.25) is 0 Å². The molecule has 0 saturated heterocycles. The van der Waals surface area contributed by atoms with Crippen molar-refractivity contribution >= 4 is 17.8 Å². The van der Waals surface area contributed by atoms with Crippen LogP contribution in [0.3, 0.4) is 0 Å². The average Bonchev–Trinajstić information content (AvgIpc) is 2.74. The molecule has 0 bridgehead atoms. The first kappa shape index (κ1) is 12.1. The maximum Gasteiger partial charge on any atom is 0.249 e. The summed E-state index contributed by atoms with van der Waals surface area (Å²) in [6.45, 7) is 3.91. The van der Waals surface area contributed by atoms with Gasteiger partial charge in [-0.3, -0.25) is 9.89 Å². The maximum atomic E-state index is 11.6. The molecule has 0 atom stereocenters. The number of H-pyrrole nitrogens is 1. The minimum atomic E-state index is -0.193. The molecular weight excluding hydrogens is 226 g/mol. The van der Waals surface area contributed by atoms with Crippen LogP contribution in [0.15, 0.2) is 36.4 Å². The van der Waals surface area contributed by atoms with E-state index in [0.29, 0.717) is 5.82 Å².